The highest BCUT2D eigenvalue weighted by Gasteiger charge is 2.38. The molecule has 2 unspecified atom stereocenters. The van der Waals surface area contributed by atoms with Gasteiger partial charge in [0.2, 0.25) is 0 Å². The van der Waals surface area contributed by atoms with Crippen LogP contribution in [0.3, 0.4) is 0 Å². The molecule has 9 nitrogen and oxygen atoms in total. The van der Waals surface area contributed by atoms with E-state index in [1.807, 2.05) is 26.8 Å². The molecule has 31 heavy (non-hydrogen) atoms. The summed E-state index contributed by atoms with van der Waals surface area (Å²) in [7, 11) is -2.00. The first-order chi connectivity index (χ1) is 14.7. The zero-order valence-corrected chi connectivity index (χ0v) is 19.1. The maximum atomic E-state index is 13.1. The average molecular weight is 452 g/mol. The Labute approximate surface area is 182 Å². The molecule has 170 valence electrons. The normalized spacial score (nSPS) is 23.9. The fourth-order valence-electron chi connectivity index (χ4n) is 4.28. The van der Waals surface area contributed by atoms with Gasteiger partial charge in [-0.3, -0.25) is 4.79 Å². The van der Waals surface area contributed by atoms with Crippen LogP contribution in [0.4, 0.5) is 0 Å². The van der Waals surface area contributed by atoms with Gasteiger partial charge in [-0.05, 0) is 39.0 Å². The summed E-state index contributed by atoms with van der Waals surface area (Å²) in [4.78, 5) is 14.7. The Balaban J connectivity index is 1.46. The van der Waals surface area contributed by atoms with Crippen molar-refractivity contribution in [3.05, 3.63) is 29.5 Å². The standard InChI is InChI=1S/C21H29N3O6S/c1-14-12-24(13-15(2)29-14)31(26,27)23-9-7-22(8-10-23)21(25)20-16(3)18-11-17(28-4)5-6-19(18)30-20/h5-6,11,14-15H,7-10,12-13H2,1-4H3. The monoisotopic (exact) mass is 451 g/mol. The SMILES string of the molecule is COc1ccc2oc(C(=O)N3CCN(S(=O)(=O)N4CC(C)OC(C)C4)CC3)c(C)c2c1. The second-order valence-electron chi connectivity index (χ2n) is 8.19. The third-order valence-corrected chi connectivity index (χ3v) is 7.87. The van der Waals surface area contributed by atoms with Crippen LogP contribution in [0.1, 0.15) is 30.0 Å². The summed E-state index contributed by atoms with van der Waals surface area (Å²) in [5.41, 5.74) is 1.38. The van der Waals surface area contributed by atoms with Crippen molar-refractivity contribution in [1.29, 1.82) is 0 Å². The highest BCUT2D eigenvalue weighted by molar-refractivity contribution is 7.86. The molecule has 2 fully saturated rings. The number of carbonyl (C=O) groups excluding carboxylic acids is 1. The number of morpholine rings is 1. The van der Waals surface area contributed by atoms with E-state index in [1.165, 1.54) is 8.61 Å². The number of carbonyl (C=O) groups is 1. The van der Waals surface area contributed by atoms with Gasteiger partial charge in [0.1, 0.15) is 11.3 Å². The molecule has 0 N–H and O–H groups in total. The van der Waals surface area contributed by atoms with Crippen molar-refractivity contribution >= 4 is 27.1 Å². The number of piperazine rings is 1. The van der Waals surface area contributed by atoms with Gasteiger partial charge < -0.3 is 18.8 Å². The second kappa shape index (κ2) is 8.42. The predicted octanol–water partition coefficient (Wildman–Crippen LogP) is 1.86. The van der Waals surface area contributed by atoms with Crippen molar-refractivity contribution in [3.8, 4) is 5.75 Å². The van der Waals surface area contributed by atoms with Crippen LogP contribution in [0.15, 0.2) is 22.6 Å². The summed E-state index contributed by atoms with van der Waals surface area (Å²) in [6.07, 6.45) is -0.285. The van der Waals surface area contributed by atoms with Gasteiger partial charge in [0.15, 0.2) is 5.76 Å². The van der Waals surface area contributed by atoms with E-state index in [1.54, 1.807) is 24.1 Å². The highest BCUT2D eigenvalue weighted by atomic mass is 32.2. The van der Waals surface area contributed by atoms with Crippen molar-refractivity contribution in [2.75, 3.05) is 46.4 Å². The van der Waals surface area contributed by atoms with Crippen LogP contribution in [-0.2, 0) is 14.9 Å². The van der Waals surface area contributed by atoms with E-state index in [0.29, 0.717) is 37.5 Å². The molecule has 3 heterocycles. The average Bonchev–Trinajstić information content (AvgIpc) is 3.08. The lowest BCUT2D eigenvalue weighted by Gasteiger charge is -2.40. The zero-order valence-electron chi connectivity index (χ0n) is 18.3. The molecule has 2 aromatic rings. The minimum atomic E-state index is -3.59. The van der Waals surface area contributed by atoms with Crippen molar-refractivity contribution in [1.82, 2.24) is 13.5 Å². The van der Waals surface area contributed by atoms with Gasteiger partial charge in [0.25, 0.3) is 16.1 Å². The molecule has 0 saturated carbocycles. The quantitative estimate of drug-likeness (QED) is 0.705. The largest absolute Gasteiger partial charge is 0.497 e. The number of ether oxygens (including phenoxy) is 2. The number of benzene rings is 1. The van der Waals surface area contributed by atoms with E-state index in [9.17, 15) is 13.2 Å². The minimum absolute atomic E-state index is 0.143. The molecule has 2 saturated heterocycles. The molecule has 0 bridgehead atoms. The number of methoxy groups -OCH3 is 1. The lowest BCUT2D eigenvalue weighted by molar-refractivity contribution is -0.0457. The lowest BCUT2D eigenvalue weighted by Crippen LogP contribution is -2.57. The molecule has 4 rings (SSSR count). The van der Waals surface area contributed by atoms with Gasteiger partial charge in [0, 0.05) is 50.2 Å². The topological polar surface area (TPSA) is 92.5 Å². The van der Waals surface area contributed by atoms with E-state index in [2.05, 4.69) is 0 Å². The van der Waals surface area contributed by atoms with E-state index in [4.69, 9.17) is 13.9 Å². The van der Waals surface area contributed by atoms with Crippen LogP contribution in [0, 0.1) is 6.92 Å². The summed E-state index contributed by atoms with van der Waals surface area (Å²) in [5, 5.41) is 0.833. The number of nitrogens with zero attached hydrogens (tertiary/aromatic N) is 3. The summed E-state index contributed by atoms with van der Waals surface area (Å²) in [5.74, 6) is 0.759. The number of hydrogen-bond donors (Lipinski definition) is 0. The Hall–Kier alpha value is -2.14. The summed E-state index contributed by atoms with van der Waals surface area (Å²) in [6, 6.07) is 5.42. The number of furan rings is 1. The molecule has 10 heteroatoms. The molecule has 1 amide bonds. The maximum Gasteiger partial charge on any atom is 0.289 e. The second-order valence-corrected chi connectivity index (χ2v) is 10.1. The predicted molar refractivity (Wildman–Crippen MR) is 115 cm³/mol. The van der Waals surface area contributed by atoms with Crippen molar-refractivity contribution < 1.29 is 27.1 Å². The lowest BCUT2D eigenvalue weighted by atomic mass is 10.1. The minimum Gasteiger partial charge on any atom is -0.497 e. The molecular weight excluding hydrogens is 422 g/mol. The Kier molecular flexibility index (Phi) is 5.99. The first-order valence-corrected chi connectivity index (χ1v) is 11.9. The molecule has 0 aliphatic carbocycles. The Morgan fingerprint density at radius 3 is 2.32 bits per heavy atom. The zero-order chi connectivity index (χ0) is 22.3. The fraction of sp³-hybridized carbons (Fsp3) is 0.571. The first-order valence-electron chi connectivity index (χ1n) is 10.5. The van der Waals surface area contributed by atoms with Crippen molar-refractivity contribution in [2.24, 2.45) is 0 Å². The van der Waals surface area contributed by atoms with Gasteiger partial charge >= 0.3 is 0 Å². The van der Waals surface area contributed by atoms with Crippen LogP contribution in [-0.4, -0.2) is 86.4 Å². The van der Waals surface area contributed by atoms with E-state index in [0.717, 1.165) is 10.9 Å². The van der Waals surface area contributed by atoms with E-state index >= 15 is 0 Å². The molecule has 1 aromatic carbocycles. The maximum absolute atomic E-state index is 13.1. The fourth-order valence-corrected chi connectivity index (χ4v) is 6.03. The van der Waals surface area contributed by atoms with Gasteiger partial charge in [0.05, 0.1) is 19.3 Å². The van der Waals surface area contributed by atoms with Crippen LogP contribution in [0.25, 0.3) is 11.0 Å². The Bertz CT molecular complexity index is 1060. The highest BCUT2D eigenvalue weighted by Crippen LogP contribution is 2.30. The molecule has 2 aliphatic rings. The van der Waals surface area contributed by atoms with Gasteiger partial charge in [-0.2, -0.15) is 17.0 Å². The van der Waals surface area contributed by atoms with Crippen LogP contribution in [0.2, 0.25) is 0 Å². The van der Waals surface area contributed by atoms with Gasteiger partial charge in [-0.15, -0.1) is 0 Å². The molecule has 2 atom stereocenters. The number of hydrogen-bond acceptors (Lipinski definition) is 6. The summed E-state index contributed by atoms with van der Waals surface area (Å²) >= 11 is 0. The van der Waals surface area contributed by atoms with E-state index in [-0.39, 0.29) is 37.0 Å². The van der Waals surface area contributed by atoms with Crippen LogP contribution in [0.5, 0.6) is 5.75 Å². The number of rotatable bonds is 4. The molecule has 2 aliphatic heterocycles. The molecule has 1 aromatic heterocycles. The Morgan fingerprint density at radius 2 is 1.71 bits per heavy atom. The number of amides is 1. The Morgan fingerprint density at radius 1 is 1.06 bits per heavy atom. The third kappa shape index (κ3) is 4.17. The molecular formula is C21H29N3O6S. The van der Waals surface area contributed by atoms with Crippen LogP contribution >= 0.6 is 0 Å². The summed E-state index contributed by atoms with van der Waals surface area (Å²) < 4.78 is 45.8. The number of fused-ring (bicyclic) bond motifs is 1. The van der Waals surface area contributed by atoms with E-state index < -0.39 is 10.2 Å². The smallest absolute Gasteiger partial charge is 0.289 e. The molecule has 0 radical (unpaired) electrons. The third-order valence-electron chi connectivity index (χ3n) is 5.90. The number of aryl methyl sites for hydroxylation is 1. The van der Waals surface area contributed by atoms with Crippen LogP contribution < -0.4 is 4.74 Å². The molecule has 0 spiro atoms. The summed E-state index contributed by atoms with van der Waals surface area (Å²) in [6.45, 7) is 7.41. The van der Waals surface area contributed by atoms with Gasteiger partial charge in [-0.1, -0.05) is 0 Å². The van der Waals surface area contributed by atoms with Gasteiger partial charge in [-0.25, -0.2) is 0 Å². The first kappa shape index (κ1) is 22.1. The van der Waals surface area contributed by atoms with Crippen molar-refractivity contribution in [3.63, 3.8) is 0 Å². The van der Waals surface area contributed by atoms with Crippen molar-refractivity contribution in [2.45, 2.75) is 33.0 Å².